The normalized spacial score (nSPS) is 23.0. The maximum absolute atomic E-state index is 10.3. The van der Waals surface area contributed by atoms with Crippen molar-refractivity contribution in [2.75, 3.05) is 52.6 Å². The molecule has 0 radical (unpaired) electrons. The maximum Gasteiger partial charge on any atom is 0.0914 e. The molecule has 0 saturated carbocycles. The molecule has 2 N–H and O–H groups in total. The van der Waals surface area contributed by atoms with E-state index in [1.54, 1.807) is 12.1 Å². The number of hydrogen-bond donors (Lipinski definition) is 2. The molecule has 0 bridgehead atoms. The molecule has 3 rings (SSSR count). The Morgan fingerprint density at radius 2 is 1.82 bits per heavy atom. The number of fused-ring (bicyclic) bond motifs is 1. The summed E-state index contributed by atoms with van der Waals surface area (Å²) in [6.45, 7) is 6.07. The second-order valence-electron chi connectivity index (χ2n) is 6.01. The van der Waals surface area contributed by atoms with Gasteiger partial charge in [0.1, 0.15) is 0 Å². The van der Waals surface area contributed by atoms with E-state index in [1.807, 2.05) is 12.1 Å². The first-order valence-electron chi connectivity index (χ1n) is 7.74. The molecular formula is C16H23ClN2O3. The number of aliphatic hydroxyl groups excluding tert-OH is 1. The van der Waals surface area contributed by atoms with Crippen LogP contribution >= 0.6 is 11.6 Å². The highest BCUT2D eigenvalue weighted by Gasteiger charge is 2.41. The summed E-state index contributed by atoms with van der Waals surface area (Å²) in [5.74, 6) is 0. The third kappa shape index (κ3) is 3.62. The Hall–Kier alpha value is -0.690. The van der Waals surface area contributed by atoms with E-state index in [2.05, 4.69) is 10.2 Å². The zero-order valence-corrected chi connectivity index (χ0v) is 13.4. The summed E-state index contributed by atoms with van der Waals surface area (Å²) in [6.07, 6.45) is -0.545. The van der Waals surface area contributed by atoms with Crippen molar-refractivity contribution in [2.24, 2.45) is 0 Å². The van der Waals surface area contributed by atoms with Crippen LogP contribution in [0.1, 0.15) is 11.7 Å². The number of hydrogen-bond acceptors (Lipinski definition) is 5. The van der Waals surface area contributed by atoms with Crippen LogP contribution in [0.3, 0.4) is 0 Å². The zero-order valence-electron chi connectivity index (χ0n) is 12.6. The molecule has 5 nitrogen and oxygen atoms in total. The molecule has 0 spiro atoms. The first-order chi connectivity index (χ1) is 10.7. The lowest BCUT2D eigenvalue weighted by Gasteiger charge is -2.49. The van der Waals surface area contributed by atoms with E-state index in [0.29, 0.717) is 24.8 Å². The van der Waals surface area contributed by atoms with Gasteiger partial charge in [-0.2, -0.15) is 0 Å². The van der Waals surface area contributed by atoms with Gasteiger partial charge in [-0.15, -0.1) is 0 Å². The van der Waals surface area contributed by atoms with Gasteiger partial charge in [-0.3, -0.25) is 4.90 Å². The predicted octanol–water partition coefficient (Wildman–Crippen LogP) is 1.06. The van der Waals surface area contributed by atoms with E-state index in [-0.39, 0.29) is 5.54 Å². The number of morpholine rings is 2. The molecule has 0 unspecified atom stereocenters. The fraction of sp³-hybridized carbons (Fsp3) is 0.625. The monoisotopic (exact) mass is 326 g/mol. The summed E-state index contributed by atoms with van der Waals surface area (Å²) >= 11 is 5.87. The molecule has 2 aliphatic heterocycles. The molecule has 2 fully saturated rings. The molecule has 0 aliphatic carbocycles. The van der Waals surface area contributed by atoms with E-state index in [4.69, 9.17) is 21.1 Å². The summed E-state index contributed by atoms with van der Waals surface area (Å²) in [5, 5.41) is 14.3. The van der Waals surface area contributed by atoms with Crippen molar-refractivity contribution in [1.82, 2.24) is 10.2 Å². The van der Waals surface area contributed by atoms with Crippen molar-refractivity contribution in [3.63, 3.8) is 0 Å². The minimum Gasteiger partial charge on any atom is -0.387 e. The molecule has 2 aliphatic rings. The molecule has 22 heavy (non-hydrogen) atoms. The molecule has 2 heterocycles. The Labute approximate surface area is 136 Å². The van der Waals surface area contributed by atoms with Gasteiger partial charge in [0.05, 0.1) is 38.1 Å². The van der Waals surface area contributed by atoms with Gasteiger partial charge in [0, 0.05) is 31.2 Å². The lowest BCUT2D eigenvalue weighted by molar-refractivity contribution is -0.140. The highest BCUT2D eigenvalue weighted by molar-refractivity contribution is 6.30. The fourth-order valence-electron chi connectivity index (χ4n) is 3.14. The number of halogens is 1. The second-order valence-corrected chi connectivity index (χ2v) is 6.45. The topological polar surface area (TPSA) is 54.0 Å². The molecule has 1 aromatic carbocycles. The predicted molar refractivity (Wildman–Crippen MR) is 85.2 cm³/mol. The van der Waals surface area contributed by atoms with Crippen molar-refractivity contribution in [3.05, 3.63) is 34.9 Å². The van der Waals surface area contributed by atoms with Crippen molar-refractivity contribution >= 4 is 11.6 Å². The molecular weight excluding hydrogens is 304 g/mol. The Balaban J connectivity index is 1.54. The number of aliphatic hydroxyl groups is 1. The number of nitrogens with zero attached hydrogens (tertiary/aromatic N) is 1. The van der Waals surface area contributed by atoms with E-state index in [1.165, 1.54) is 0 Å². The number of benzene rings is 1. The van der Waals surface area contributed by atoms with Crippen molar-refractivity contribution in [1.29, 1.82) is 0 Å². The van der Waals surface area contributed by atoms with Gasteiger partial charge in [0.2, 0.25) is 0 Å². The van der Waals surface area contributed by atoms with Gasteiger partial charge in [-0.25, -0.2) is 0 Å². The first kappa shape index (κ1) is 16.2. The minimum absolute atomic E-state index is 0.101. The quantitative estimate of drug-likeness (QED) is 0.847. The van der Waals surface area contributed by atoms with E-state index >= 15 is 0 Å². The van der Waals surface area contributed by atoms with Crippen LogP contribution < -0.4 is 5.32 Å². The van der Waals surface area contributed by atoms with Crippen molar-refractivity contribution in [2.45, 2.75) is 11.6 Å². The van der Waals surface area contributed by atoms with Crippen molar-refractivity contribution in [3.8, 4) is 0 Å². The Kier molecular flexibility index (Phi) is 5.33. The Bertz CT molecular complexity index is 471. The lowest BCUT2D eigenvalue weighted by Crippen LogP contribution is -2.67. The number of ether oxygens (including phenoxy) is 2. The summed E-state index contributed by atoms with van der Waals surface area (Å²) in [4.78, 5) is 2.45. The third-order valence-electron chi connectivity index (χ3n) is 4.47. The number of rotatable bonds is 5. The van der Waals surface area contributed by atoms with Crippen LogP contribution in [0.25, 0.3) is 0 Å². The second kappa shape index (κ2) is 7.25. The van der Waals surface area contributed by atoms with Crippen LogP contribution in [0.5, 0.6) is 0 Å². The van der Waals surface area contributed by atoms with Gasteiger partial charge in [-0.05, 0) is 17.7 Å². The highest BCUT2D eigenvalue weighted by atomic mass is 35.5. The van der Waals surface area contributed by atoms with E-state index in [9.17, 15) is 5.11 Å². The molecule has 2 saturated heterocycles. The van der Waals surface area contributed by atoms with Gasteiger partial charge in [-0.1, -0.05) is 23.7 Å². The maximum atomic E-state index is 10.3. The average molecular weight is 327 g/mol. The van der Waals surface area contributed by atoms with E-state index in [0.717, 1.165) is 38.4 Å². The van der Waals surface area contributed by atoms with Crippen LogP contribution in [-0.2, 0) is 9.47 Å². The SMILES string of the molecule is O[C@@H](CNCC12COCCN1CCOC2)c1ccc(Cl)cc1. The van der Waals surface area contributed by atoms with Gasteiger partial charge < -0.3 is 19.9 Å². The summed E-state index contributed by atoms with van der Waals surface area (Å²) < 4.78 is 11.3. The molecule has 0 amide bonds. The third-order valence-corrected chi connectivity index (χ3v) is 4.72. The van der Waals surface area contributed by atoms with Crippen LogP contribution in [0.2, 0.25) is 5.02 Å². The molecule has 122 valence electrons. The van der Waals surface area contributed by atoms with Crippen LogP contribution in [0, 0.1) is 0 Å². The largest absolute Gasteiger partial charge is 0.387 e. The van der Waals surface area contributed by atoms with Crippen LogP contribution in [0.15, 0.2) is 24.3 Å². The minimum atomic E-state index is -0.545. The molecule has 1 atom stereocenters. The van der Waals surface area contributed by atoms with Crippen molar-refractivity contribution < 1.29 is 14.6 Å². The van der Waals surface area contributed by atoms with Gasteiger partial charge in [0.15, 0.2) is 0 Å². The number of nitrogens with one attached hydrogen (secondary N) is 1. The van der Waals surface area contributed by atoms with Gasteiger partial charge >= 0.3 is 0 Å². The lowest BCUT2D eigenvalue weighted by atomic mass is 9.96. The van der Waals surface area contributed by atoms with E-state index < -0.39 is 6.10 Å². The first-order valence-corrected chi connectivity index (χ1v) is 8.12. The highest BCUT2D eigenvalue weighted by Crippen LogP contribution is 2.23. The summed E-state index contributed by atoms with van der Waals surface area (Å²) in [6, 6.07) is 7.30. The average Bonchev–Trinajstić information content (AvgIpc) is 2.55. The summed E-state index contributed by atoms with van der Waals surface area (Å²) in [5.41, 5.74) is 0.766. The smallest absolute Gasteiger partial charge is 0.0914 e. The Morgan fingerprint density at radius 1 is 1.18 bits per heavy atom. The summed E-state index contributed by atoms with van der Waals surface area (Å²) in [7, 11) is 0. The Morgan fingerprint density at radius 3 is 2.45 bits per heavy atom. The zero-order chi connectivity index (χ0) is 15.4. The van der Waals surface area contributed by atoms with Crippen LogP contribution in [-0.4, -0.2) is 68.2 Å². The fourth-order valence-corrected chi connectivity index (χ4v) is 3.27. The molecule has 0 aromatic heterocycles. The van der Waals surface area contributed by atoms with Crippen LogP contribution in [0.4, 0.5) is 0 Å². The van der Waals surface area contributed by atoms with Gasteiger partial charge in [0.25, 0.3) is 0 Å². The molecule has 6 heteroatoms. The molecule has 1 aromatic rings. The standard InChI is InChI=1S/C16H23ClN2O3/c17-14-3-1-13(2-4-14)15(20)9-18-10-16-11-21-7-5-19(16)6-8-22-12-16/h1-4,15,18,20H,5-12H2/t15-/m0/s1.